The molecule has 3 aromatic rings. The van der Waals surface area contributed by atoms with Crippen LogP contribution in [0.5, 0.6) is 0 Å². The third kappa shape index (κ3) is 7.30. The molecule has 2 aromatic heterocycles. The van der Waals surface area contributed by atoms with Gasteiger partial charge in [0.05, 0.1) is 10.0 Å². The van der Waals surface area contributed by atoms with E-state index >= 15 is 0 Å². The van der Waals surface area contributed by atoms with E-state index in [1.165, 1.54) is 15.6 Å². The average molecular weight is 536 g/mol. The van der Waals surface area contributed by atoms with Gasteiger partial charge in [-0.2, -0.15) is 0 Å². The zero-order valence-corrected chi connectivity index (χ0v) is 23.6. The fraction of sp³-hybridized carbons (Fsp3) is 0.462. The van der Waals surface area contributed by atoms with Crippen LogP contribution in [-0.4, -0.2) is 29.1 Å². The molecule has 0 radical (unpaired) electrons. The number of nitrogens with zero attached hydrogens (tertiary/aromatic N) is 1. The van der Waals surface area contributed by atoms with Gasteiger partial charge < -0.3 is 10.6 Å². The number of unbranched alkanes of at least 4 members (excludes halogenated alkanes) is 1. The Balaban J connectivity index is 1.72. The monoisotopic (exact) mass is 535 g/mol. The van der Waals surface area contributed by atoms with Crippen molar-refractivity contribution >= 4 is 68.3 Å². The number of amides is 2. The Bertz CT molecular complexity index is 1080. The van der Waals surface area contributed by atoms with Gasteiger partial charge in [0.15, 0.2) is 0 Å². The second kappa shape index (κ2) is 13.6. The summed E-state index contributed by atoms with van der Waals surface area (Å²) in [5.74, 6) is 2.16. The van der Waals surface area contributed by atoms with Crippen LogP contribution in [0.25, 0.3) is 10.1 Å². The quantitative estimate of drug-likeness (QED) is 0.228. The zero-order valence-electron chi connectivity index (χ0n) is 20.4. The molecule has 0 bridgehead atoms. The Morgan fingerprint density at radius 1 is 1.18 bits per heavy atom. The third-order valence-corrected chi connectivity index (χ3v) is 8.80. The van der Waals surface area contributed by atoms with Gasteiger partial charge in [0.1, 0.15) is 5.03 Å². The normalized spacial score (nSPS) is 12.1. The minimum atomic E-state index is -0.177. The van der Waals surface area contributed by atoms with Gasteiger partial charge >= 0.3 is 6.03 Å². The average Bonchev–Trinajstić information content (AvgIpc) is 3.13. The highest BCUT2D eigenvalue weighted by Gasteiger charge is 2.19. The molecule has 0 aliphatic heterocycles. The molecule has 1 aromatic carbocycles. The standard InChI is InChI=1S/C26H34ClN3OS3/c1-5-8-11-18(15-20-19-12-9-10-13-21(19)34-24(20)27)16-28-26(31)30-23-22(32-6-2)14-17(4)29-25(23)33-7-3/h9-10,12-14,18H,5-8,11,15-16H2,1-4H3,(H2,28,30,31). The van der Waals surface area contributed by atoms with Crippen LogP contribution in [0.1, 0.15) is 51.3 Å². The molecular weight excluding hydrogens is 502 g/mol. The summed E-state index contributed by atoms with van der Waals surface area (Å²) < 4.78 is 2.08. The van der Waals surface area contributed by atoms with Gasteiger partial charge in [0, 0.05) is 21.8 Å². The van der Waals surface area contributed by atoms with Gasteiger partial charge in [0.25, 0.3) is 0 Å². The number of fused-ring (bicyclic) bond motifs is 1. The van der Waals surface area contributed by atoms with Crippen LogP contribution in [0.4, 0.5) is 10.5 Å². The van der Waals surface area contributed by atoms with E-state index in [2.05, 4.69) is 66.7 Å². The number of halogens is 1. The number of rotatable bonds is 12. The molecule has 2 heterocycles. The van der Waals surface area contributed by atoms with Gasteiger partial charge in [-0.1, -0.05) is 63.4 Å². The highest BCUT2D eigenvalue weighted by molar-refractivity contribution is 8.00. The van der Waals surface area contributed by atoms with E-state index in [0.717, 1.165) is 62.8 Å². The van der Waals surface area contributed by atoms with Gasteiger partial charge in [-0.15, -0.1) is 34.9 Å². The van der Waals surface area contributed by atoms with Crippen molar-refractivity contribution in [1.29, 1.82) is 0 Å². The highest BCUT2D eigenvalue weighted by atomic mass is 35.5. The van der Waals surface area contributed by atoms with E-state index in [1.807, 2.05) is 6.92 Å². The molecule has 1 atom stereocenters. The lowest BCUT2D eigenvalue weighted by molar-refractivity contribution is 0.249. The number of carbonyl (C=O) groups excluding carboxylic acids is 1. The predicted octanol–water partition coefficient (Wildman–Crippen LogP) is 8.65. The number of aromatic nitrogens is 1. The summed E-state index contributed by atoms with van der Waals surface area (Å²) in [5.41, 5.74) is 2.99. The van der Waals surface area contributed by atoms with Crippen molar-refractivity contribution in [2.45, 2.75) is 63.3 Å². The van der Waals surface area contributed by atoms with Gasteiger partial charge in [0.2, 0.25) is 0 Å². The Kier molecular flexibility index (Phi) is 10.9. The first kappa shape index (κ1) is 27.2. The maximum Gasteiger partial charge on any atom is 0.319 e. The fourth-order valence-electron chi connectivity index (χ4n) is 3.95. The van der Waals surface area contributed by atoms with E-state index in [1.54, 1.807) is 34.9 Å². The van der Waals surface area contributed by atoms with Crippen LogP contribution in [-0.2, 0) is 6.42 Å². The number of carbonyl (C=O) groups is 1. The number of nitrogens with one attached hydrogen (secondary N) is 2. The molecule has 0 saturated carbocycles. The molecule has 2 N–H and O–H groups in total. The summed E-state index contributed by atoms with van der Waals surface area (Å²) in [7, 11) is 0. The number of aryl methyl sites for hydroxylation is 1. The van der Waals surface area contributed by atoms with Crippen molar-refractivity contribution in [2.75, 3.05) is 23.4 Å². The molecule has 8 heteroatoms. The Morgan fingerprint density at radius 2 is 1.94 bits per heavy atom. The van der Waals surface area contributed by atoms with Crippen molar-refractivity contribution in [3.05, 3.63) is 45.9 Å². The van der Waals surface area contributed by atoms with Crippen LogP contribution in [0.2, 0.25) is 4.34 Å². The number of pyridine rings is 1. The molecule has 0 aliphatic carbocycles. The molecule has 4 nitrogen and oxygen atoms in total. The summed E-state index contributed by atoms with van der Waals surface area (Å²) in [5, 5.41) is 8.36. The lowest BCUT2D eigenvalue weighted by Gasteiger charge is -2.19. The second-order valence-electron chi connectivity index (χ2n) is 8.21. The summed E-state index contributed by atoms with van der Waals surface area (Å²) in [6, 6.07) is 10.3. The Hall–Kier alpha value is -1.41. The lowest BCUT2D eigenvalue weighted by atomic mass is 9.94. The van der Waals surface area contributed by atoms with E-state index in [4.69, 9.17) is 11.6 Å². The topological polar surface area (TPSA) is 54.0 Å². The molecule has 1 unspecified atom stereocenters. The summed E-state index contributed by atoms with van der Waals surface area (Å²) in [6.45, 7) is 9.03. The summed E-state index contributed by atoms with van der Waals surface area (Å²) in [4.78, 5) is 18.7. The van der Waals surface area contributed by atoms with Gasteiger partial charge in [-0.25, -0.2) is 9.78 Å². The third-order valence-electron chi connectivity index (χ3n) is 5.56. The molecule has 0 saturated heterocycles. The Labute approximate surface area is 221 Å². The maximum atomic E-state index is 13.0. The van der Waals surface area contributed by atoms with Crippen LogP contribution in [0.15, 0.2) is 40.3 Å². The first-order valence-electron chi connectivity index (χ1n) is 11.9. The van der Waals surface area contributed by atoms with E-state index in [-0.39, 0.29) is 6.03 Å². The minimum Gasteiger partial charge on any atom is -0.338 e. The minimum absolute atomic E-state index is 0.177. The van der Waals surface area contributed by atoms with Crippen molar-refractivity contribution in [3.8, 4) is 0 Å². The molecular formula is C26H34ClN3OS3. The van der Waals surface area contributed by atoms with E-state index in [0.29, 0.717) is 12.5 Å². The zero-order chi connectivity index (χ0) is 24.5. The van der Waals surface area contributed by atoms with Gasteiger partial charge in [-0.05, 0) is 60.3 Å². The highest BCUT2D eigenvalue weighted by Crippen LogP contribution is 2.37. The number of anilines is 1. The fourth-order valence-corrected chi connectivity index (χ4v) is 7.05. The second-order valence-corrected chi connectivity index (χ2v) is 12.4. The number of hydrogen-bond donors (Lipinski definition) is 2. The number of thiophene rings is 1. The molecule has 184 valence electrons. The molecule has 34 heavy (non-hydrogen) atoms. The van der Waals surface area contributed by atoms with Crippen LogP contribution < -0.4 is 10.6 Å². The van der Waals surface area contributed by atoms with Crippen molar-refractivity contribution in [2.24, 2.45) is 5.92 Å². The molecule has 0 spiro atoms. The lowest BCUT2D eigenvalue weighted by Crippen LogP contribution is -2.34. The van der Waals surface area contributed by atoms with E-state index in [9.17, 15) is 4.79 Å². The molecule has 2 amide bonds. The van der Waals surface area contributed by atoms with Crippen LogP contribution in [0, 0.1) is 12.8 Å². The summed E-state index contributed by atoms with van der Waals surface area (Å²) >= 11 is 11.7. The smallest absolute Gasteiger partial charge is 0.319 e. The van der Waals surface area contributed by atoms with Crippen LogP contribution >= 0.6 is 46.5 Å². The predicted molar refractivity (Wildman–Crippen MR) is 152 cm³/mol. The van der Waals surface area contributed by atoms with E-state index < -0.39 is 0 Å². The van der Waals surface area contributed by atoms with Crippen molar-refractivity contribution in [3.63, 3.8) is 0 Å². The first-order chi connectivity index (χ1) is 16.5. The number of hydrogen-bond acceptors (Lipinski definition) is 5. The molecule has 0 aliphatic rings. The SMILES string of the molecule is CCCCC(CNC(=O)Nc1c(SCC)cc(C)nc1SCC)Cc1c(Cl)sc2ccccc12. The number of urea groups is 1. The molecule has 3 rings (SSSR count). The number of benzene rings is 1. The largest absolute Gasteiger partial charge is 0.338 e. The maximum absolute atomic E-state index is 13.0. The number of thioether (sulfide) groups is 2. The first-order valence-corrected chi connectivity index (χ1v) is 15.1. The van der Waals surface area contributed by atoms with Crippen molar-refractivity contribution < 1.29 is 4.79 Å². The molecule has 0 fully saturated rings. The van der Waals surface area contributed by atoms with Gasteiger partial charge in [-0.3, -0.25) is 0 Å². The summed E-state index contributed by atoms with van der Waals surface area (Å²) in [6.07, 6.45) is 4.18. The van der Waals surface area contributed by atoms with Crippen molar-refractivity contribution in [1.82, 2.24) is 10.3 Å². The Morgan fingerprint density at radius 3 is 2.68 bits per heavy atom. The van der Waals surface area contributed by atoms with Crippen LogP contribution in [0.3, 0.4) is 0 Å².